The molecule has 0 aliphatic heterocycles. The number of hydrogen-bond acceptors (Lipinski definition) is 3. The largest absolute Gasteiger partial charge is 0.352 e. The van der Waals surface area contributed by atoms with E-state index in [2.05, 4.69) is 5.32 Å². The molecule has 1 atom stereocenters. The fourth-order valence-corrected chi connectivity index (χ4v) is 4.25. The molecular formula is C21H27ClN2O3S. The molecule has 1 N–H and O–H groups in total. The lowest BCUT2D eigenvalue weighted by atomic mass is 10.1. The zero-order valence-corrected chi connectivity index (χ0v) is 18.4. The second-order valence-corrected chi connectivity index (χ2v) is 9.58. The molecule has 5 nitrogen and oxygen atoms in total. The van der Waals surface area contributed by atoms with E-state index in [9.17, 15) is 13.2 Å². The topological polar surface area (TPSA) is 66.5 Å². The average Bonchev–Trinajstić information content (AvgIpc) is 2.62. The van der Waals surface area contributed by atoms with Gasteiger partial charge in [-0.1, -0.05) is 49.2 Å². The van der Waals surface area contributed by atoms with Crippen molar-refractivity contribution < 1.29 is 13.2 Å². The Morgan fingerprint density at radius 3 is 2.25 bits per heavy atom. The molecule has 0 heterocycles. The Morgan fingerprint density at radius 1 is 1.07 bits per heavy atom. The van der Waals surface area contributed by atoms with Crippen LogP contribution >= 0.6 is 11.6 Å². The number of amides is 1. The maximum Gasteiger partial charge on any atom is 0.264 e. The predicted molar refractivity (Wildman–Crippen MR) is 114 cm³/mol. The highest BCUT2D eigenvalue weighted by Gasteiger charge is 2.29. The van der Waals surface area contributed by atoms with Crippen LogP contribution in [0.4, 0.5) is 5.69 Å². The van der Waals surface area contributed by atoms with Gasteiger partial charge in [-0.3, -0.25) is 9.10 Å². The van der Waals surface area contributed by atoms with E-state index >= 15 is 0 Å². The summed E-state index contributed by atoms with van der Waals surface area (Å²) in [6.45, 7) is 9.18. The summed E-state index contributed by atoms with van der Waals surface area (Å²) in [4.78, 5) is 12.7. The third kappa shape index (κ3) is 5.06. The number of nitrogens with one attached hydrogen (secondary N) is 1. The fourth-order valence-electron chi connectivity index (χ4n) is 2.60. The van der Waals surface area contributed by atoms with Crippen molar-refractivity contribution in [3.05, 3.63) is 58.6 Å². The van der Waals surface area contributed by atoms with Crippen molar-refractivity contribution in [1.82, 2.24) is 5.32 Å². The van der Waals surface area contributed by atoms with E-state index in [1.165, 1.54) is 0 Å². The summed E-state index contributed by atoms with van der Waals surface area (Å²) in [6.07, 6.45) is 0. The number of halogens is 1. The minimum atomic E-state index is -3.95. The summed E-state index contributed by atoms with van der Waals surface area (Å²) in [5.74, 6) is -0.129. The van der Waals surface area contributed by atoms with Gasteiger partial charge < -0.3 is 5.32 Å². The molecule has 0 saturated heterocycles. The minimum Gasteiger partial charge on any atom is -0.352 e. The molecule has 0 aromatic heterocycles. The monoisotopic (exact) mass is 422 g/mol. The molecule has 0 unspecified atom stereocenters. The first-order valence-corrected chi connectivity index (χ1v) is 11.0. The average molecular weight is 423 g/mol. The van der Waals surface area contributed by atoms with Gasteiger partial charge >= 0.3 is 0 Å². The van der Waals surface area contributed by atoms with E-state index in [4.69, 9.17) is 11.6 Å². The smallest absolute Gasteiger partial charge is 0.264 e. The normalized spacial score (nSPS) is 12.7. The van der Waals surface area contributed by atoms with Gasteiger partial charge in [0.2, 0.25) is 5.91 Å². The zero-order valence-electron chi connectivity index (χ0n) is 16.9. The summed E-state index contributed by atoms with van der Waals surface area (Å²) < 4.78 is 27.9. The molecular weight excluding hydrogens is 396 g/mol. The molecule has 2 aromatic carbocycles. The third-order valence-corrected chi connectivity index (χ3v) is 6.98. The van der Waals surface area contributed by atoms with E-state index in [1.54, 1.807) is 49.4 Å². The number of benzene rings is 2. The van der Waals surface area contributed by atoms with Gasteiger partial charge in [-0.15, -0.1) is 0 Å². The molecule has 2 aromatic rings. The summed E-state index contributed by atoms with van der Waals surface area (Å²) >= 11 is 6.22. The van der Waals surface area contributed by atoms with Crippen molar-refractivity contribution in [3.8, 4) is 0 Å². The molecule has 0 bridgehead atoms. The molecule has 0 spiro atoms. The van der Waals surface area contributed by atoms with Gasteiger partial charge in [0.25, 0.3) is 10.0 Å². The van der Waals surface area contributed by atoms with Crippen LogP contribution in [-0.2, 0) is 14.8 Å². The van der Waals surface area contributed by atoms with Crippen molar-refractivity contribution in [2.75, 3.05) is 10.8 Å². The highest BCUT2D eigenvalue weighted by Crippen LogP contribution is 2.30. The lowest BCUT2D eigenvalue weighted by Gasteiger charge is -2.27. The number of nitrogens with zero attached hydrogens (tertiary/aromatic N) is 1. The van der Waals surface area contributed by atoms with E-state index < -0.39 is 10.0 Å². The summed E-state index contributed by atoms with van der Waals surface area (Å²) in [6, 6.07) is 11.5. The second kappa shape index (κ2) is 8.97. The minimum absolute atomic E-state index is 0.0723. The number of sulfonamides is 1. The van der Waals surface area contributed by atoms with Gasteiger partial charge in [0.05, 0.1) is 10.6 Å². The lowest BCUT2D eigenvalue weighted by Crippen LogP contribution is -2.45. The van der Waals surface area contributed by atoms with E-state index in [0.29, 0.717) is 16.3 Å². The Kier molecular flexibility index (Phi) is 7.12. The van der Waals surface area contributed by atoms with Crippen molar-refractivity contribution >= 4 is 33.2 Å². The second-order valence-electron chi connectivity index (χ2n) is 7.31. The number of rotatable bonds is 7. The van der Waals surface area contributed by atoms with Crippen LogP contribution in [0.5, 0.6) is 0 Å². The van der Waals surface area contributed by atoms with Crippen LogP contribution in [0.3, 0.4) is 0 Å². The van der Waals surface area contributed by atoms with E-state index in [1.807, 2.05) is 27.7 Å². The van der Waals surface area contributed by atoms with Gasteiger partial charge in [0.15, 0.2) is 0 Å². The van der Waals surface area contributed by atoms with E-state index in [0.717, 1.165) is 9.87 Å². The Balaban J connectivity index is 2.48. The third-order valence-electron chi connectivity index (χ3n) is 4.79. The van der Waals surface area contributed by atoms with Crippen LogP contribution in [0.2, 0.25) is 5.02 Å². The van der Waals surface area contributed by atoms with Gasteiger partial charge in [0, 0.05) is 11.1 Å². The SMILES string of the molecule is Cc1ccc(S(=O)(=O)N(CC(=O)N[C@H](C)C(C)C)c2cccc(Cl)c2C)cc1. The molecule has 0 saturated carbocycles. The molecule has 7 heteroatoms. The van der Waals surface area contributed by atoms with Crippen molar-refractivity contribution in [1.29, 1.82) is 0 Å². The molecule has 0 aliphatic rings. The number of carbonyl (C=O) groups excluding carboxylic acids is 1. The molecule has 2 rings (SSSR count). The van der Waals surface area contributed by atoms with Crippen molar-refractivity contribution in [3.63, 3.8) is 0 Å². The number of aryl methyl sites for hydroxylation is 1. The molecule has 0 aliphatic carbocycles. The quantitative estimate of drug-likeness (QED) is 0.722. The van der Waals surface area contributed by atoms with Crippen LogP contribution < -0.4 is 9.62 Å². The van der Waals surface area contributed by atoms with Gasteiger partial charge in [-0.25, -0.2) is 8.42 Å². The molecule has 0 radical (unpaired) electrons. The van der Waals surface area contributed by atoms with Crippen molar-refractivity contribution in [2.45, 2.75) is 45.6 Å². The first-order valence-electron chi connectivity index (χ1n) is 9.18. The van der Waals surface area contributed by atoms with Crippen LogP contribution in [0.25, 0.3) is 0 Å². The Bertz CT molecular complexity index is 941. The molecule has 28 heavy (non-hydrogen) atoms. The lowest BCUT2D eigenvalue weighted by molar-refractivity contribution is -0.120. The van der Waals surface area contributed by atoms with Crippen LogP contribution in [0.15, 0.2) is 47.4 Å². The maximum atomic E-state index is 13.4. The standard InChI is InChI=1S/C21H27ClN2O3S/c1-14(2)17(5)23-21(25)13-24(20-8-6-7-19(22)16(20)4)28(26,27)18-11-9-15(3)10-12-18/h6-12,14,17H,13H2,1-5H3,(H,23,25)/t17-/m1/s1. The predicted octanol–water partition coefficient (Wildman–Crippen LogP) is 4.31. The maximum absolute atomic E-state index is 13.4. The van der Waals surface area contributed by atoms with E-state index in [-0.39, 0.29) is 29.3 Å². The fraction of sp³-hybridized carbons (Fsp3) is 0.381. The summed E-state index contributed by atoms with van der Waals surface area (Å²) in [7, 11) is -3.95. The first-order chi connectivity index (χ1) is 13.0. The van der Waals surface area contributed by atoms with Crippen LogP contribution in [0.1, 0.15) is 31.9 Å². The molecule has 152 valence electrons. The highest BCUT2D eigenvalue weighted by atomic mass is 35.5. The Morgan fingerprint density at radius 2 is 1.68 bits per heavy atom. The number of anilines is 1. The number of hydrogen-bond donors (Lipinski definition) is 1. The summed E-state index contributed by atoms with van der Waals surface area (Å²) in [5, 5.41) is 3.31. The van der Waals surface area contributed by atoms with Crippen molar-refractivity contribution in [2.24, 2.45) is 5.92 Å². The van der Waals surface area contributed by atoms with Crippen LogP contribution in [-0.4, -0.2) is 26.9 Å². The Hall–Kier alpha value is -2.05. The Labute approximate surface area is 172 Å². The summed E-state index contributed by atoms with van der Waals surface area (Å²) in [5.41, 5.74) is 1.94. The molecule has 1 amide bonds. The first kappa shape index (κ1) is 22.2. The molecule has 0 fully saturated rings. The van der Waals surface area contributed by atoms with Gasteiger partial charge in [-0.05, 0) is 56.5 Å². The van der Waals surface area contributed by atoms with Gasteiger partial charge in [-0.2, -0.15) is 0 Å². The highest BCUT2D eigenvalue weighted by molar-refractivity contribution is 7.92. The van der Waals surface area contributed by atoms with Crippen LogP contribution in [0, 0.1) is 19.8 Å². The zero-order chi connectivity index (χ0) is 21.1. The number of carbonyl (C=O) groups is 1. The van der Waals surface area contributed by atoms with Gasteiger partial charge in [0.1, 0.15) is 6.54 Å².